The first-order valence-electron chi connectivity index (χ1n) is 9.95. The molecule has 0 saturated heterocycles. The van der Waals surface area contributed by atoms with Gasteiger partial charge in [-0.2, -0.15) is 0 Å². The number of carbonyl (C=O) groups is 2. The van der Waals surface area contributed by atoms with Gasteiger partial charge in [0.1, 0.15) is 12.4 Å². The van der Waals surface area contributed by atoms with Crippen LogP contribution < -0.4 is 5.32 Å². The lowest BCUT2D eigenvalue weighted by atomic mass is 10.2. The second-order valence-electron chi connectivity index (χ2n) is 7.12. The van der Waals surface area contributed by atoms with Crippen molar-refractivity contribution in [1.82, 2.24) is 15.1 Å². The molecule has 0 aliphatic carbocycles. The summed E-state index contributed by atoms with van der Waals surface area (Å²) in [5.41, 5.74) is 1.98. The molecule has 0 aliphatic heterocycles. The number of benzene rings is 1. The van der Waals surface area contributed by atoms with Gasteiger partial charge in [-0.15, -0.1) is 11.3 Å². The van der Waals surface area contributed by atoms with E-state index in [4.69, 9.17) is 0 Å². The predicted molar refractivity (Wildman–Crippen MR) is 115 cm³/mol. The van der Waals surface area contributed by atoms with Crippen molar-refractivity contribution in [1.29, 1.82) is 0 Å². The van der Waals surface area contributed by atoms with E-state index in [0.29, 0.717) is 19.6 Å². The standard InChI is InChI=1S/C22H30FN3O2S/c1-5-17(4)26(22(28)24-6-2)15-21(27)25(14-20-16(3)11-12-29-20)13-18-7-9-19(23)10-8-18/h7-12,17H,5-6,13-15H2,1-4H3,(H,24,28). The van der Waals surface area contributed by atoms with E-state index in [1.165, 1.54) is 12.1 Å². The predicted octanol–water partition coefficient (Wildman–Crippen LogP) is 4.55. The van der Waals surface area contributed by atoms with Gasteiger partial charge in [-0.25, -0.2) is 9.18 Å². The van der Waals surface area contributed by atoms with Crippen molar-refractivity contribution in [2.45, 2.75) is 53.2 Å². The quantitative estimate of drug-likeness (QED) is 0.648. The summed E-state index contributed by atoms with van der Waals surface area (Å²) in [7, 11) is 0. The normalized spacial score (nSPS) is 11.8. The molecule has 1 N–H and O–H groups in total. The third kappa shape index (κ3) is 6.56. The Morgan fingerprint density at radius 3 is 2.38 bits per heavy atom. The maximum absolute atomic E-state index is 13.3. The Hall–Kier alpha value is -2.41. The monoisotopic (exact) mass is 419 g/mol. The lowest BCUT2D eigenvalue weighted by Gasteiger charge is -2.31. The van der Waals surface area contributed by atoms with Crippen LogP contribution in [0.5, 0.6) is 0 Å². The highest BCUT2D eigenvalue weighted by atomic mass is 32.1. The molecular weight excluding hydrogens is 389 g/mol. The molecule has 0 aliphatic rings. The minimum atomic E-state index is -0.306. The van der Waals surface area contributed by atoms with Gasteiger partial charge < -0.3 is 15.1 Å². The first-order valence-corrected chi connectivity index (χ1v) is 10.8. The number of nitrogens with zero attached hydrogens (tertiary/aromatic N) is 2. The van der Waals surface area contributed by atoms with Crippen LogP contribution in [0, 0.1) is 12.7 Å². The van der Waals surface area contributed by atoms with E-state index in [1.54, 1.807) is 33.3 Å². The fourth-order valence-corrected chi connectivity index (χ4v) is 3.85. The van der Waals surface area contributed by atoms with E-state index in [2.05, 4.69) is 5.32 Å². The molecule has 1 aromatic heterocycles. The maximum atomic E-state index is 13.3. The van der Waals surface area contributed by atoms with Crippen molar-refractivity contribution in [3.63, 3.8) is 0 Å². The fraction of sp³-hybridized carbons (Fsp3) is 0.455. The Balaban J connectivity index is 2.22. The summed E-state index contributed by atoms with van der Waals surface area (Å²) in [5.74, 6) is -0.436. The number of rotatable bonds is 9. The largest absolute Gasteiger partial charge is 0.338 e. The number of thiophene rings is 1. The van der Waals surface area contributed by atoms with Gasteiger partial charge in [-0.1, -0.05) is 19.1 Å². The summed E-state index contributed by atoms with van der Waals surface area (Å²) in [6.07, 6.45) is 0.756. The zero-order chi connectivity index (χ0) is 21.4. The minimum absolute atomic E-state index is 0.00641. The molecule has 0 bridgehead atoms. The average Bonchev–Trinajstić information content (AvgIpc) is 3.11. The summed E-state index contributed by atoms with van der Waals surface area (Å²) in [4.78, 5) is 30.1. The van der Waals surface area contributed by atoms with E-state index >= 15 is 0 Å². The van der Waals surface area contributed by atoms with E-state index in [-0.39, 0.29) is 30.3 Å². The molecule has 7 heteroatoms. The van der Waals surface area contributed by atoms with Gasteiger partial charge in [0.2, 0.25) is 5.91 Å². The highest BCUT2D eigenvalue weighted by Crippen LogP contribution is 2.20. The molecular formula is C22H30FN3O2S. The van der Waals surface area contributed by atoms with Crippen LogP contribution >= 0.6 is 11.3 Å². The van der Waals surface area contributed by atoms with E-state index in [9.17, 15) is 14.0 Å². The maximum Gasteiger partial charge on any atom is 0.318 e. The van der Waals surface area contributed by atoms with Crippen molar-refractivity contribution < 1.29 is 14.0 Å². The van der Waals surface area contributed by atoms with Crippen LogP contribution in [-0.2, 0) is 17.9 Å². The molecule has 29 heavy (non-hydrogen) atoms. The summed E-state index contributed by atoms with van der Waals surface area (Å²) in [5, 5.41) is 4.80. The van der Waals surface area contributed by atoms with Crippen molar-refractivity contribution >= 4 is 23.3 Å². The average molecular weight is 420 g/mol. The molecule has 0 spiro atoms. The zero-order valence-corrected chi connectivity index (χ0v) is 18.4. The Kier molecular flexibility index (Phi) is 8.64. The summed E-state index contributed by atoms with van der Waals surface area (Å²) < 4.78 is 13.3. The number of halogens is 1. The molecule has 3 amide bonds. The smallest absolute Gasteiger partial charge is 0.318 e. The van der Waals surface area contributed by atoms with E-state index < -0.39 is 0 Å². The molecule has 5 nitrogen and oxygen atoms in total. The highest BCUT2D eigenvalue weighted by molar-refractivity contribution is 7.10. The van der Waals surface area contributed by atoms with Crippen LogP contribution in [0.25, 0.3) is 0 Å². The van der Waals surface area contributed by atoms with Gasteiger partial charge in [0.15, 0.2) is 0 Å². The molecule has 1 unspecified atom stereocenters. The Bertz CT molecular complexity index is 807. The topological polar surface area (TPSA) is 52.7 Å². The summed E-state index contributed by atoms with van der Waals surface area (Å²) in [6.45, 7) is 9.15. The van der Waals surface area contributed by atoms with Crippen LogP contribution in [-0.4, -0.2) is 40.9 Å². The number of hydrogen-bond acceptors (Lipinski definition) is 3. The van der Waals surface area contributed by atoms with Gasteiger partial charge >= 0.3 is 6.03 Å². The van der Waals surface area contributed by atoms with Crippen molar-refractivity contribution in [2.75, 3.05) is 13.1 Å². The van der Waals surface area contributed by atoms with Crippen LogP contribution in [0.3, 0.4) is 0 Å². The number of amides is 3. The summed E-state index contributed by atoms with van der Waals surface area (Å²) in [6, 6.07) is 7.91. The fourth-order valence-electron chi connectivity index (χ4n) is 2.93. The highest BCUT2D eigenvalue weighted by Gasteiger charge is 2.25. The first-order chi connectivity index (χ1) is 13.8. The van der Waals surface area contributed by atoms with Gasteiger partial charge in [-0.05, 0) is 61.9 Å². The summed E-state index contributed by atoms with van der Waals surface area (Å²) >= 11 is 1.61. The van der Waals surface area contributed by atoms with Crippen LogP contribution in [0.1, 0.15) is 43.2 Å². The molecule has 0 radical (unpaired) electrons. The molecule has 2 rings (SSSR count). The second-order valence-corrected chi connectivity index (χ2v) is 8.12. The molecule has 1 atom stereocenters. The number of aryl methyl sites for hydroxylation is 1. The Morgan fingerprint density at radius 2 is 1.83 bits per heavy atom. The Morgan fingerprint density at radius 1 is 1.14 bits per heavy atom. The molecule has 2 aromatic rings. The van der Waals surface area contributed by atoms with Crippen LogP contribution in [0.2, 0.25) is 0 Å². The molecule has 0 fully saturated rings. The zero-order valence-electron chi connectivity index (χ0n) is 17.6. The van der Waals surface area contributed by atoms with Gasteiger partial charge in [0.05, 0.1) is 6.54 Å². The Labute approximate surface area is 176 Å². The third-order valence-corrected chi connectivity index (χ3v) is 5.97. The van der Waals surface area contributed by atoms with E-state index in [0.717, 1.165) is 22.4 Å². The minimum Gasteiger partial charge on any atom is -0.338 e. The van der Waals surface area contributed by atoms with Crippen molar-refractivity contribution in [3.05, 3.63) is 57.5 Å². The molecule has 1 heterocycles. The van der Waals surface area contributed by atoms with E-state index in [1.807, 2.05) is 39.1 Å². The number of carbonyl (C=O) groups excluding carboxylic acids is 2. The molecule has 1 aromatic carbocycles. The number of hydrogen-bond donors (Lipinski definition) is 1. The molecule has 158 valence electrons. The lowest BCUT2D eigenvalue weighted by molar-refractivity contribution is -0.133. The van der Waals surface area contributed by atoms with Crippen LogP contribution in [0.15, 0.2) is 35.7 Å². The first kappa shape index (κ1) is 22.9. The van der Waals surface area contributed by atoms with Gasteiger partial charge in [-0.3, -0.25) is 4.79 Å². The van der Waals surface area contributed by atoms with Crippen LogP contribution in [0.4, 0.5) is 9.18 Å². The number of urea groups is 1. The third-order valence-electron chi connectivity index (χ3n) is 4.96. The lowest BCUT2D eigenvalue weighted by Crippen LogP contribution is -2.50. The molecule has 0 saturated carbocycles. The van der Waals surface area contributed by atoms with Gasteiger partial charge in [0, 0.05) is 24.0 Å². The van der Waals surface area contributed by atoms with Crippen molar-refractivity contribution in [3.8, 4) is 0 Å². The van der Waals surface area contributed by atoms with Crippen molar-refractivity contribution in [2.24, 2.45) is 0 Å². The number of nitrogens with one attached hydrogen (secondary N) is 1. The second kappa shape index (κ2) is 11.0. The van der Waals surface area contributed by atoms with Gasteiger partial charge in [0.25, 0.3) is 0 Å². The SMILES string of the molecule is CCNC(=O)N(CC(=O)N(Cc1ccc(F)cc1)Cc1sccc1C)C(C)CC.